The molecule has 0 aromatic heterocycles. The first-order valence-corrected chi connectivity index (χ1v) is 5.52. The van der Waals surface area contributed by atoms with Crippen LogP contribution in [0.15, 0.2) is 0 Å². The molecule has 0 saturated carbocycles. The summed E-state index contributed by atoms with van der Waals surface area (Å²) in [5.41, 5.74) is 0. The fourth-order valence-electron chi connectivity index (χ4n) is 1.77. The zero-order valence-electron chi connectivity index (χ0n) is 9.61. The van der Waals surface area contributed by atoms with Crippen molar-refractivity contribution in [2.45, 2.75) is 26.3 Å². The molecule has 84 valence electrons. The van der Waals surface area contributed by atoms with Crippen LogP contribution in [0.5, 0.6) is 0 Å². The highest BCUT2D eigenvalue weighted by Gasteiger charge is 2.21. The van der Waals surface area contributed by atoms with Gasteiger partial charge >= 0.3 is 5.97 Å². The Hall–Kier alpha value is -0.545. The van der Waals surface area contributed by atoms with Crippen LogP contribution in [-0.2, 0) is 9.53 Å². The molecule has 1 unspecified atom stereocenters. The first kappa shape index (κ1) is 12.5. The van der Waals surface area contributed by atoms with Crippen LogP contribution in [0.3, 0.4) is 0 Å². The molecular formula is C10H19BN2O2. The normalized spacial score (nSPS) is 21.2. The van der Waals surface area contributed by atoms with Crippen molar-refractivity contribution < 1.29 is 9.53 Å². The van der Waals surface area contributed by atoms with Crippen molar-refractivity contribution in [1.82, 2.24) is 9.71 Å². The molecule has 0 aromatic carbocycles. The van der Waals surface area contributed by atoms with Gasteiger partial charge < -0.3 is 9.55 Å². The van der Waals surface area contributed by atoms with Gasteiger partial charge in [-0.1, -0.05) is 0 Å². The molecule has 1 atom stereocenters. The van der Waals surface area contributed by atoms with Gasteiger partial charge in [0.2, 0.25) is 0 Å². The molecule has 0 aliphatic carbocycles. The van der Waals surface area contributed by atoms with E-state index in [2.05, 4.69) is 11.8 Å². The Kier molecular flexibility index (Phi) is 5.12. The van der Waals surface area contributed by atoms with E-state index in [-0.39, 0.29) is 12.0 Å². The summed E-state index contributed by atoms with van der Waals surface area (Å²) in [5, 5.41) is 0. The molecule has 1 aliphatic heterocycles. The summed E-state index contributed by atoms with van der Waals surface area (Å²) in [7, 11) is 5.66. The van der Waals surface area contributed by atoms with Gasteiger partial charge in [-0.25, -0.2) is 0 Å². The van der Waals surface area contributed by atoms with Crippen LogP contribution in [0, 0.1) is 0 Å². The van der Waals surface area contributed by atoms with Crippen molar-refractivity contribution in [2.75, 3.05) is 32.8 Å². The number of rotatable bonds is 4. The molecule has 4 nitrogen and oxygen atoms in total. The van der Waals surface area contributed by atoms with Gasteiger partial charge in [0, 0.05) is 19.1 Å². The Morgan fingerprint density at radius 1 is 1.40 bits per heavy atom. The smallest absolute Gasteiger partial charge is 0.307 e. The molecule has 0 spiro atoms. The highest BCUT2D eigenvalue weighted by molar-refractivity contribution is 6.04. The summed E-state index contributed by atoms with van der Waals surface area (Å²) in [4.78, 5) is 15.4. The largest absolute Gasteiger partial charge is 0.466 e. The van der Waals surface area contributed by atoms with Crippen LogP contribution in [-0.4, -0.2) is 62.5 Å². The Morgan fingerprint density at radius 2 is 2.00 bits per heavy atom. The summed E-state index contributed by atoms with van der Waals surface area (Å²) in [6.45, 7) is 7.94. The maximum Gasteiger partial charge on any atom is 0.307 e. The maximum absolute atomic E-state index is 11.3. The zero-order valence-corrected chi connectivity index (χ0v) is 9.61. The predicted molar refractivity (Wildman–Crippen MR) is 59.6 cm³/mol. The van der Waals surface area contributed by atoms with Crippen LogP contribution >= 0.6 is 0 Å². The van der Waals surface area contributed by atoms with Crippen molar-refractivity contribution in [3.63, 3.8) is 0 Å². The van der Waals surface area contributed by atoms with Gasteiger partial charge in [0.15, 0.2) is 7.98 Å². The molecule has 1 aliphatic rings. The molecule has 15 heavy (non-hydrogen) atoms. The first-order valence-electron chi connectivity index (χ1n) is 5.52. The van der Waals surface area contributed by atoms with Gasteiger partial charge in [-0.2, -0.15) is 0 Å². The van der Waals surface area contributed by atoms with E-state index in [9.17, 15) is 4.79 Å². The van der Waals surface area contributed by atoms with E-state index in [4.69, 9.17) is 12.7 Å². The third-order valence-electron chi connectivity index (χ3n) is 2.74. The van der Waals surface area contributed by atoms with Gasteiger partial charge in [-0.05, 0) is 26.9 Å². The van der Waals surface area contributed by atoms with E-state index in [0.717, 1.165) is 26.2 Å². The molecule has 0 aromatic rings. The Morgan fingerprint density at radius 3 is 2.53 bits per heavy atom. The molecule has 2 radical (unpaired) electrons. The molecule has 1 rings (SSSR count). The van der Waals surface area contributed by atoms with Crippen molar-refractivity contribution >= 4 is 14.0 Å². The summed E-state index contributed by atoms with van der Waals surface area (Å²) in [5.74, 6) is -0.111. The predicted octanol–water partition coefficient (Wildman–Crippen LogP) is 0.0292. The quantitative estimate of drug-likeness (QED) is 0.484. The second kappa shape index (κ2) is 6.13. The van der Waals surface area contributed by atoms with Crippen LogP contribution in [0.2, 0.25) is 0 Å². The Labute approximate surface area is 93.0 Å². The van der Waals surface area contributed by atoms with Gasteiger partial charge in [0.05, 0.1) is 13.0 Å². The lowest BCUT2D eigenvalue weighted by molar-refractivity contribution is -0.144. The van der Waals surface area contributed by atoms with E-state index in [1.807, 2.05) is 11.7 Å². The number of hydrogen-bond acceptors (Lipinski definition) is 4. The SMILES string of the molecule is [B]N1CCN(C(C)CC(=O)OCC)CC1. The first-order chi connectivity index (χ1) is 7.13. The van der Waals surface area contributed by atoms with Crippen molar-refractivity contribution in [3.8, 4) is 0 Å². The maximum atomic E-state index is 11.3. The van der Waals surface area contributed by atoms with E-state index in [1.54, 1.807) is 0 Å². The fraction of sp³-hybridized carbons (Fsp3) is 0.900. The van der Waals surface area contributed by atoms with Crippen molar-refractivity contribution in [2.24, 2.45) is 0 Å². The lowest BCUT2D eigenvalue weighted by Crippen LogP contribution is -2.49. The van der Waals surface area contributed by atoms with Crippen molar-refractivity contribution in [1.29, 1.82) is 0 Å². The zero-order chi connectivity index (χ0) is 11.3. The van der Waals surface area contributed by atoms with Crippen molar-refractivity contribution in [3.05, 3.63) is 0 Å². The van der Waals surface area contributed by atoms with Gasteiger partial charge in [-0.3, -0.25) is 9.69 Å². The number of piperazine rings is 1. The molecule has 0 amide bonds. The van der Waals surface area contributed by atoms with Gasteiger partial charge in [0.1, 0.15) is 0 Å². The summed E-state index contributed by atoms with van der Waals surface area (Å²) >= 11 is 0. The fourth-order valence-corrected chi connectivity index (χ4v) is 1.77. The van der Waals surface area contributed by atoms with E-state index < -0.39 is 0 Å². The third kappa shape index (κ3) is 4.22. The highest BCUT2D eigenvalue weighted by atomic mass is 16.5. The van der Waals surface area contributed by atoms with Crippen LogP contribution in [0.4, 0.5) is 0 Å². The second-order valence-corrected chi connectivity index (χ2v) is 3.93. The minimum absolute atomic E-state index is 0.111. The monoisotopic (exact) mass is 210 g/mol. The Balaban J connectivity index is 2.27. The number of carbonyl (C=O) groups excluding carboxylic acids is 1. The van der Waals surface area contributed by atoms with Crippen LogP contribution < -0.4 is 0 Å². The number of ether oxygens (including phenoxy) is 1. The average molecular weight is 210 g/mol. The number of carbonyl (C=O) groups is 1. The topological polar surface area (TPSA) is 32.8 Å². The number of nitrogens with zero attached hydrogens (tertiary/aromatic N) is 2. The van der Waals surface area contributed by atoms with Gasteiger partial charge in [-0.15, -0.1) is 0 Å². The lowest BCUT2D eigenvalue weighted by atomic mass is 10.1. The van der Waals surface area contributed by atoms with E-state index in [0.29, 0.717) is 13.0 Å². The molecular weight excluding hydrogens is 191 g/mol. The molecule has 0 bridgehead atoms. The number of hydrogen-bond donors (Lipinski definition) is 0. The Bertz CT molecular complexity index is 206. The van der Waals surface area contributed by atoms with Crippen LogP contribution in [0.25, 0.3) is 0 Å². The molecule has 0 N–H and O–H groups in total. The second-order valence-electron chi connectivity index (χ2n) is 3.93. The molecule has 1 heterocycles. The molecule has 1 fully saturated rings. The number of esters is 1. The highest BCUT2D eigenvalue weighted by Crippen LogP contribution is 2.08. The summed E-state index contributed by atoms with van der Waals surface area (Å²) in [6.07, 6.45) is 0.471. The standard InChI is InChI=1S/C10H19BN2O2/c1-3-15-10(14)8-9(2)12-4-6-13(11)7-5-12/h9H,3-8H2,1-2H3. The lowest BCUT2D eigenvalue weighted by Gasteiger charge is -2.36. The average Bonchev–Trinajstić information content (AvgIpc) is 2.18. The van der Waals surface area contributed by atoms with Gasteiger partial charge in [0.25, 0.3) is 0 Å². The molecule has 1 saturated heterocycles. The summed E-state index contributed by atoms with van der Waals surface area (Å²) < 4.78 is 4.92. The minimum atomic E-state index is -0.111. The van der Waals surface area contributed by atoms with Crippen LogP contribution in [0.1, 0.15) is 20.3 Å². The van der Waals surface area contributed by atoms with E-state index >= 15 is 0 Å². The molecule has 5 heteroatoms. The van der Waals surface area contributed by atoms with E-state index in [1.165, 1.54) is 0 Å². The minimum Gasteiger partial charge on any atom is -0.466 e. The summed E-state index contributed by atoms with van der Waals surface area (Å²) in [6, 6.07) is 0.248. The third-order valence-corrected chi connectivity index (χ3v) is 2.74.